The van der Waals surface area contributed by atoms with Gasteiger partial charge < -0.3 is 15.4 Å². The van der Waals surface area contributed by atoms with Crippen molar-refractivity contribution < 1.29 is 14.3 Å². The van der Waals surface area contributed by atoms with Gasteiger partial charge in [0.15, 0.2) is 0 Å². The molecule has 30 heavy (non-hydrogen) atoms. The van der Waals surface area contributed by atoms with E-state index in [2.05, 4.69) is 10.6 Å². The summed E-state index contributed by atoms with van der Waals surface area (Å²) in [6, 6.07) is 17.2. The van der Waals surface area contributed by atoms with E-state index in [1.54, 1.807) is 67.7 Å². The second kappa shape index (κ2) is 9.65. The van der Waals surface area contributed by atoms with Crippen LogP contribution in [-0.2, 0) is 6.61 Å². The minimum atomic E-state index is -0.316. The number of carbonyl (C=O) groups excluding carboxylic acids is 2. The molecular weight excluding hydrogens is 423 g/mol. The second-order valence-corrected chi connectivity index (χ2v) is 7.43. The number of nitrogens with one attached hydrogen (secondary N) is 2. The Kier molecular flexibility index (Phi) is 6.98. The molecule has 3 aromatic carbocycles. The van der Waals surface area contributed by atoms with E-state index in [4.69, 9.17) is 27.9 Å². The molecule has 0 fully saturated rings. The van der Waals surface area contributed by atoms with E-state index in [-0.39, 0.29) is 18.4 Å². The molecule has 3 aromatic rings. The van der Waals surface area contributed by atoms with E-state index in [9.17, 15) is 9.59 Å². The summed E-state index contributed by atoms with van der Waals surface area (Å²) in [6.07, 6.45) is 0. The largest absolute Gasteiger partial charge is 0.488 e. The van der Waals surface area contributed by atoms with Crippen LogP contribution in [0.25, 0.3) is 0 Å². The highest BCUT2D eigenvalue weighted by Crippen LogP contribution is 2.25. The maximum Gasteiger partial charge on any atom is 0.259 e. The molecule has 5 nitrogen and oxygen atoms in total. The van der Waals surface area contributed by atoms with Crippen LogP contribution >= 0.6 is 23.2 Å². The smallest absolute Gasteiger partial charge is 0.259 e. The summed E-state index contributed by atoms with van der Waals surface area (Å²) in [4.78, 5) is 24.6. The first-order valence-corrected chi connectivity index (χ1v) is 9.94. The Hall–Kier alpha value is -3.02. The van der Waals surface area contributed by atoms with Gasteiger partial charge >= 0.3 is 0 Å². The summed E-state index contributed by atoms with van der Waals surface area (Å²) in [6.45, 7) is 2.02. The zero-order chi connectivity index (χ0) is 21.7. The SMILES string of the molecule is CNC(=O)c1ccc(NC(=O)c2ccccc2OCc2ccc(Cl)cc2Cl)c(C)c1. The Morgan fingerprint density at radius 1 is 0.967 bits per heavy atom. The van der Waals surface area contributed by atoms with Crippen LogP contribution < -0.4 is 15.4 Å². The number of rotatable bonds is 6. The topological polar surface area (TPSA) is 67.4 Å². The summed E-state index contributed by atoms with van der Waals surface area (Å²) in [7, 11) is 1.57. The van der Waals surface area contributed by atoms with Crippen molar-refractivity contribution in [2.45, 2.75) is 13.5 Å². The van der Waals surface area contributed by atoms with Crippen molar-refractivity contribution in [1.82, 2.24) is 5.32 Å². The first-order valence-electron chi connectivity index (χ1n) is 9.19. The quantitative estimate of drug-likeness (QED) is 0.529. The minimum absolute atomic E-state index is 0.185. The Morgan fingerprint density at radius 2 is 1.73 bits per heavy atom. The molecule has 7 heteroatoms. The molecule has 0 saturated heterocycles. The first kappa shape index (κ1) is 21.7. The van der Waals surface area contributed by atoms with Crippen LogP contribution in [-0.4, -0.2) is 18.9 Å². The number of hydrogen-bond donors (Lipinski definition) is 2. The Balaban J connectivity index is 1.76. The van der Waals surface area contributed by atoms with Crippen LogP contribution in [0.5, 0.6) is 5.75 Å². The molecule has 154 valence electrons. The zero-order valence-corrected chi connectivity index (χ0v) is 18.0. The zero-order valence-electron chi connectivity index (χ0n) is 16.5. The lowest BCUT2D eigenvalue weighted by molar-refractivity contribution is 0.0962. The number of anilines is 1. The average molecular weight is 443 g/mol. The van der Waals surface area contributed by atoms with Crippen molar-refractivity contribution in [3.05, 3.63) is 93.0 Å². The van der Waals surface area contributed by atoms with Crippen LogP contribution in [0.15, 0.2) is 60.7 Å². The van der Waals surface area contributed by atoms with Crippen molar-refractivity contribution in [1.29, 1.82) is 0 Å². The van der Waals surface area contributed by atoms with Gasteiger partial charge in [0.2, 0.25) is 0 Å². The van der Waals surface area contributed by atoms with E-state index in [0.717, 1.165) is 11.1 Å². The van der Waals surface area contributed by atoms with E-state index in [1.807, 2.05) is 6.92 Å². The molecule has 0 aliphatic rings. The van der Waals surface area contributed by atoms with Gasteiger partial charge in [-0.15, -0.1) is 0 Å². The molecule has 0 aliphatic heterocycles. The highest BCUT2D eigenvalue weighted by molar-refractivity contribution is 6.35. The highest BCUT2D eigenvalue weighted by atomic mass is 35.5. The summed E-state index contributed by atoms with van der Waals surface area (Å²) >= 11 is 12.1. The monoisotopic (exact) mass is 442 g/mol. The lowest BCUT2D eigenvalue weighted by Crippen LogP contribution is -2.18. The predicted molar refractivity (Wildman–Crippen MR) is 120 cm³/mol. The molecule has 0 radical (unpaired) electrons. The summed E-state index contributed by atoms with van der Waals surface area (Å²) < 4.78 is 5.86. The van der Waals surface area contributed by atoms with Crippen molar-refractivity contribution in [3.63, 3.8) is 0 Å². The van der Waals surface area contributed by atoms with E-state index < -0.39 is 0 Å². The summed E-state index contributed by atoms with van der Waals surface area (Å²) in [5, 5.41) is 6.49. The average Bonchev–Trinajstić information content (AvgIpc) is 2.74. The molecule has 0 heterocycles. The molecule has 0 aliphatic carbocycles. The van der Waals surface area contributed by atoms with Gasteiger partial charge in [-0.25, -0.2) is 0 Å². The summed E-state index contributed by atoms with van der Waals surface area (Å²) in [5.74, 6) is -0.0696. The van der Waals surface area contributed by atoms with Gasteiger partial charge in [-0.1, -0.05) is 41.4 Å². The van der Waals surface area contributed by atoms with Crippen LogP contribution in [0.1, 0.15) is 31.8 Å². The van der Waals surface area contributed by atoms with Crippen LogP contribution in [0.2, 0.25) is 10.0 Å². The molecule has 0 atom stereocenters. The van der Waals surface area contributed by atoms with Crippen LogP contribution in [0.3, 0.4) is 0 Å². The maximum absolute atomic E-state index is 12.9. The molecular formula is C23H20Cl2N2O3. The number of para-hydroxylation sites is 1. The molecule has 0 unspecified atom stereocenters. The van der Waals surface area contributed by atoms with E-state index in [0.29, 0.717) is 32.6 Å². The fourth-order valence-corrected chi connectivity index (χ4v) is 3.32. The van der Waals surface area contributed by atoms with Gasteiger partial charge in [-0.3, -0.25) is 9.59 Å². The third-order valence-electron chi connectivity index (χ3n) is 4.49. The number of carbonyl (C=O) groups is 2. The maximum atomic E-state index is 12.9. The predicted octanol–water partition coefficient (Wildman–Crippen LogP) is 5.49. The Morgan fingerprint density at radius 3 is 2.43 bits per heavy atom. The van der Waals surface area contributed by atoms with Gasteiger partial charge in [0, 0.05) is 33.9 Å². The van der Waals surface area contributed by atoms with Crippen molar-refractivity contribution in [2.75, 3.05) is 12.4 Å². The molecule has 0 saturated carbocycles. The van der Waals surface area contributed by atoms with E-state index >= 15 is 0 Å². The number of benzene rings is 3. The number of ether oxygens (including phenoxy) is 1. The number of hydrogen-bond acceptors (Lipinski definition) is 3. The second-order valence-electron chi connectivity index (χ2n) is 6.58. The highest BCUT2D eigenvalue weighted by Gasteiger charge is 2.15. The van der Waals surface area contributed by atoms with Gasteiger partial charge in [0.1, 0.15) is 12.4 Å². The third-order valence-corrected chi connectivity index (χ3v) is 5.08. The van der Waals surface area contributed by atoms with Crippen molar-refractivity contribution in [3.8, 4) is 5.75 Å². The number of aryl methyl sites for hydroxylation is 1. The lowest BCUT2D eigenvalue weighted by Gasteiger charge is -2.14. The van der Waals surface area contributed by atoms with Gasteiger partial charge in [0.05, 0.1) is 5.56 Å². The molecule has 0 bridgehead atoms. The van der Waals surface area contributed by atoms with Crippen molar-refractivity contribution in [2.24, 2.45) is 0 Å². The molecule has 0 aromatic heterocycles. The van der Waals surface area contributed by atoms with E-state index in [1.165, 1.54) is 0 Å². The Labute approximate surface area is 185 Å². The third kappa shape index (κ3) is 5.12. The number of amides is 2. The molecule has 3 rings (SSSR count). The van der Waals surface area contributed by atoms with Crippen LogP contribution in [0.4, 0.5) is 5.69 Å². The van der Waals surface area contributed by atoms with Crippen molar-refractivity contribution >= 4 is 40.7 Å². The minimum Gasteiger partial charge on any atom is -0.488 e. The fourth-order valence-electron chi connectivity index (χ4n) is 2.85. The molecule has 2 N–H and O–H groups in total. The molecule has 0 spiro atoms. The molecule has 2 amide bonds. The Bertz CT molecular complexity index is 1100. The lowest BCUT2D eigenvalue weighted by atomic mass is 10.1. The summed E-state index contributed by atoms with van der Waals surface area (Å²) in [5.41, 5.74) is 3.06. The van der Waals surface area contributed by atoms with Crippen LogP contribution in [0, 0.1) is 6.92 Å². The first-order chi connectivity index (χ1) is 14.4. The van der Waals surface area contributed by atoms with Gasteiger partial charge in [0.25, 0.3) is 11.8 Å². The van der Waals surface area contributed by atoms with Gasteiger partial charge in [-0.2, -0.15) is 0 Å². The number of halogens is 2. The standard InChI is InChI=1S/C23H20Cl2N2O3/c1-14-11-15(22(28)26-2)8-10-20(14)27-23(29)18-5-3-4-6-21(18)30-13-16-7-9-17(24)12-19(16)25/h3-12H,13H2,1-2H3,(H,26,28)(H,27,29). The van der Waals surface area contributed by atoms with Gasteiger partial charge in [-0.05, 0) is 55.0 Å². The fraction of sp³-hybridized carbons (Fsp3) is 0.130. The normalized spacial score (nSPS) is 10.4.